The van der Waals surface area contributed by atoms with E-state index in [1.54, 1.807) is 0 Å². The van der Waals surface area contributed by atoms with Crippen molar-refractivity contribution >= 4 is 64.9 Å². The van der Waals surface area contributed by atoms with Gasteiger partial charge in [0, 0.05) is 34.1 Å². The van der Waals surface area contributed by atoms with Gasteiger partial charge in [0.15, 0.2) is 0 Å². The van der Waals surface area contributed by atoms with Crippen LogP contribution in [0.15, 0.2) is 170 Å². The van der Waals surface area contributed by atoms with Crippen LogP contribution in [-0.4, -0.2) is 9.55 Å². The van der Waals surface area contributed by atoms with Gasteiger partial charge in [-0.25, -0.2) is 0 Å². The highest BCUT2D eigenvalue weighted by atomic mass is 15.0. The summed E-state index contributed by atoms with van der Waals surface area (Å²) in [6.45, 7) is 0. The van der Waals surface area contributed by atoms with Gasteiger partial charge in [0.2, 0.25) is 0 Å². The molecule has 0 saturated carbocycles. The van der Waals surface area contributed by atoms with E-state index in [2.05, 4.69) is 167 Å². The fourth-order valence-electron chi connectivity index (χ4n) is 7.82. The Balaban J connectivity index is 1.28. The summed E-state index contributed by atoms with van der Waals surface area (Å²) in [5, 5.41) is 12.5. The van der Waals surface area contributed by atoms with Crippen LogP contribution in [0.1, 0.15) is 0 Å². The number of pyridine rings is 1. The molecule has 0 N–H and O–H groups in total. The Bertz CT molecular complexity index is 2820. The van der Waals surface area contributed by atoms with Crippen LogP contribution >= 0.6 is 0 Å². The van der Waals surface area contributed by atoms with Gasteiger partial charge < -0.3 is 4.57 Å². The third kappa shape index (κ3) is 3.82. The smallest absolute Gasteiger partial charge is 0.0619 e. The lowest BCUT2D eigenvalue weighted by molar-refractivity contribution is 1.19. The minimum atomic E-state index is 1.13. The average molecular weight is 597 g/mol. The number of nitrogens with zero attached hydrogens (tertiary/aromatic N) is 2. The van der Waals surface area contributed by atoms with Gasteiger partial charge in [-0.3, -0.25) is 4.98 Å². The van der Waals surface area contributed by atoms with Crippen molar-refractivity contribution in [1.82, 2.24) is 9.55 Å². The molecule has 8 aromatic carbocycles. The number of benzene rings is 8. The van der Waals surface area contributed by atoms with Crippen LogP contribution in [0.5, 0.6) is 0 Å². The summed E-state index contributed by atoms with van der Waals surface area (Å²) in [6.07, 6.45) is 3.86. The number of aromatic nitrogens is 2. The van der Waals surface area contributed by atoms with Crippen molar-refractivity contribution in [3.8, 4) is 27.9 Å². The lowest BCUT2D eigenvalue weighted by Crippen LogP contribution is -1.97. The Morgan fingerprint density at radius 2 is 0.979 bits per heavy atom. The quantitative estimate of drug-likeness (QED) is 0.186. The molecular formula is C45H28N2. The number of rotatable bonds is 3. The highest BCUT2D eigenvalue weighted by Crippen LogP contribution is 2.43. The van der Waals surface area contributed by atoms with E-state index in [1.807, 2.05) is 12.4 Å². The van der Waals surface area contributed by atoms with Crippen LogP contribution in [-0.2, 0) is 0 Å². The molecule has 0 aliphatic carbocycles. The predicted octanol–water partition coefficient (Wildman–Crippen LogP) is 12.1. The summed E-state index contributed by atoms with van der Waals surface area (Å²) >= 11 is 0. The van der Waals surface area contributed by atoms with E-state index >= 15 is 0 Å². The van der Waals surface area contributed by atoms with Crippen molar-refractivity contribution in [2.24, 2.45) is 0 Å². The van der Waals surface area contributed by atoms with E-state index in [0.29, 0.717) is 0 Å². The average Bonchev–Trinajstić information content (AvgIpc) is 3.49. The number of hydrogen-bond acceptors (Lipinski definition) is 1. The number of para-hydroxylation sites is 2. The molecule has 2 heterocycles. The molecule has 2 nitrogen and oxygen atoms in total. The third-order valence-corrected chi connectivity index (χ3v) is 9.87. The van der Waals surface area contributed by atoms with Crippen molar-refractivity contribution in [1.29, 1.82) is 0 Å². The van der Waals surface area contributed by atoms with Crippen molar-refractivity contribution in [3.63, 3.8) is 0 Å². The van der Waals surface area contributed by atoms with Crippen LogP contribution < -0.4 is 0 Å². The highest BCUT2D eigenvalue weighted by molar-refractivity contribution is 6.26. The van der Waals surface area contributed by atoms with Crippen molar-refractivity contribution in [2.45, 2.75) is 0 Å². The van der Waals surface area contributed by atoms with E-state index in [0.717, 1.165) is 11.1 Å². The molecule has 10 aromatic rings. The van der Waals surface area contributed by atoms with Crippen LogP contribution in [0.4, 0.5) is 0 Å². The van der Waals surface area contributed by atoms with Crippen LogP contribution in [0.3, 0.4) is 0 Å². The molecule has 2 aromatic heterocycles. The summed E-state index contributed by atoms with van der Waals surface area (Å²) in [5.74, 6) is 0. The monoisotopic (exact) mass is 596 g/mol. The first kappa shape index (κ1) is 26.0. The molecule has 0 radical (unpaired) electrons. The summed E-state index contributed by atoms with van der Waals surface area (Å²) in [6, 6.07) is 57.6. The molecule has 218 valence electrons. The maximum atomic E-state index is 4.53. The Labute approximate surface area is 271 Å². The van der Waals surface area contributed by atoms with Crippen LogP contribution in [0, 0.1) is 0 Å². The fraction of sp³-hybridized carbons (Fsp3) is 0. The Morgan fingerprint density at radius 1 is 0.383 bits per heavy atom. The zero-order valence-corrected chi connectivity index (χ0v) is 25.6. The lowest BCUT2D eigenvalue weighted by Gasteiger charge is -2.17. The Morgan fingerprint density at radius 3 is 1.77 bits per heavy atom. The molecule has 0 amide bonds. The van der Waals surface area contributed by atoms with Gasteiger partial charge in [0.1, 0.15) is 0 Å². The van der Waals surface area contributed by atoms with Gasteiger partial charge in [-0.2, -0.15) is 0 Å². The first-order valence-corrected chi connectivity index (χ1v) is 16.1. The Hall–Kier alpha value is -6.25. The second-order valence-corrected chi connectivity index (χ2v) is 12.3. The van der Waals surface area contributed by atoms with Gasteiger partial charge in [-0.15, -0.1) is 0 Å². The van der Waals surface area contributed by atoms with Gasteiger partial charge in [-0.05, 0) is 78.7 Å². The largest absolute Gasteiger partial charge is 0.308 e. The molecule has 0 spiro atoms. The molecule has 0 aliphatic rings. The number of fused-ring (bicyclic) bond motifs is 10. The summed E-state index contributed by atoms with van der Waals surface area (Å²) in [4.78, 5) is 4.53. The van der Waals surface area contributed by atoms with Crippen molar-refractivity contribution in [3.05, 3.63) is 170 Å². The zero-order valence-electron chi connectivity index (χ0n) is 25.6. The molecule has 2 heteroatoms. The van der Waals surface area contributed by atoms with Gasteiger partial charge in [-0.1, -0.05) is 133 Å². The molecule has 0 fully saturated rings. The van der Waals surface area contributed by atoms with E-state index in [9.17, 15) is 0 Å². The Kier molecular flexibility index (Phi) is 5.61. The van der Waals surface area contributed by atoms with E-state index < -0.39 is 0 Å². The maximum absolute atomic E-state index is 4.53. The SMILES string of the molecule is c1ccc(-c2cccc3c4ccccc4n(-c4cccc5ccncc45)c23)c(-c2ccc3c4ccccc4c4ccccc4c3c2)c1. The normalized spacial score (nSPS) is 11.8. The predicted molar refractivity (Wildman–Crippen MR) is 199 cm³/mol. The summed E-state index contributed by atoms with van der Waals surface area (Å²) < 4.78 is 2.45. The molecule has 0 saturated heterocycles. The first-order chi connectivity index (χ1) is 23.3. The fourth-order valence-corrected chi connectivity index (χ4v) is 7.82. The minimum Gasteiger partial charge on any atom is -0.308 e. The molecule has 0 atom stereocenters. The topological polar surface area (TPSA) is 17.8 Å². The molecule has 0 aliphatic heterocycles. The third-order valence-electron chi connectivity index (χ3n) is 9.87. The molecule has 0 bridgehead atoms. The first-order valence-electron chi connectivity index (χ1n) is 16.1. The maximum Gasteiger partial charge on any atom is 0.0619 e. The molecular weight excluding hydrogens is 569 g/mol. The second kappa shape index (κ2) is 10.1. The summed E-state index contributed by atoms with van der Waals surface area (Å²) in [5.41, 5.74) is 8.38. The second-order valence-electron chi connectivity index (χ2n) is 12.3. The zero-order chi connectivity index (χ0) is 30.9. The highest BCUT2D eigenvalue weighted by Gasteiger charge is 2.20. The van der Waals surface area contributed by atoms with E-state index in [1.165, 1.54) is 81.8 Å². The van der Waals surface area contributed by atoms with E-state index in [4.69, 9.17) is 0 Å². The van der Waals surface area contributed by atoms with Crippen molar-refractivity contribution in [2.75, 3.05) is 0 Å². The summed E-state index contributed by atoms with van der Waals surface area (Å²) in [7, 11) is 0. The van der Waals surface area contributed by atoms with Crippen molar-refractivity contribution < 1.29 is 0 Å². The van der Waals surface area contributed by atoms with Gasteiger partial charge in [0.25, 0.3) is 0 Å². The van der Waals surface area contributed by atoms with Crippen LogP contribution in [0.2, 0.25) is 0 Å². The van der Waals surface area contributed by atoms with Gasteiger partial charge in [0.05, 0.1) is 16.7 Å². The minimum absolute atomic E-state index is 1.13. The van der Waals surface area contributed by atoms with E-state index in [-0.39, 0.29) is 0 Å². The molecule has 0 unspecified atom stereocenters. The van der Waals surface area contributed by atoms with Crippen LogP contribution in [0.25, 0.3) is 92.8 Å². The number of hydrogen-bond donors (Lipinski definition) is 0. The standard InChI is InChI=1S/C45H28N2/c1-2-13-32(31(12-1)30-23-24-37-35-16-4-3-14-33(35)34-15-5-6-17-36(34)41(37)27-30)39-19-10-20-40-38-18-7-8-21-43(38)47(45(39)40)44-22-9-11-29-25-26-46-28-42(29)44/h1-28H. The molecule has 47 heavy (non-hydrogen) atoms. The van der Waals surface area contributed by atoms with Gasteiger partial charge >= 0.3 is 0 Å². The lowest BCUT2D eigenvalue weighted by atomic mass is 9.89. The molecule has 10 rings (SSSR count).